The van der Waals surface area contributed by atoms with Gasteiger partial charge in [0.15, 0.2) is 0 Å². The van der Waals surface area contributed by atoms with Crippen molar-refractivity contribution in [3.63, 3.8) is 0 Å². The Balaban J connectivity index is 1.62. The normalized spacial score (nSPS) is 17.5. The van der Waals surface area contributed by atoms with Gasteiger partial charge in [0.2, 0.25) is 0 Å². The van der Waals surface area contributed by atoms with Crippen molar-refractivity contribution in [2.24, 2.45) is 5.92 Å². The highest BCUT2D eigenvalue weighted by Crippen LogP contribution is 2.39. The van der Waals surface area contributed by atoms with Crippen LogP contribution in [0.25, 0.3) is 0 Å². The number of benzene rings is 1. The molecule has 1 aromatic carbocycles. The summed E-state index contributed by atoms with van der Waals surface area (Å²) in [6.45, 7) is 4.20. The first-order valence-corrected chi connectivity index (χ1v) is 13.8. The number of halogens is 2. The van der Waals surface area contributed by atoms with E-state index in [9.17, 15) is 23.2 Å². The van der Waals surface area contributed by atoms with Gasteiger partial charge in [-0.15, -0.1) is 11.8 Å². The predicted molar refractivity (Wildman–Crippen MR) is 142 cm³/mol. The summed E-state index contributed by atoms with van der Waals surface area (Å²) >= 11 is 1.34. The standard InChI is InChI=1S/C27H33F2N3O6S/c1-27(2,3)38-26(35)31-20-15-39-22-19(23(33)30-12-16-8-10-36-11-9-16)14-32(24(34)21(20)22)13-17-4-6-18(7-5-17)37-25(28)29/h4-7,14,16,20,25H,8-13,15H2,1-3H3,(H,30,33)(H,31,35)/t20-/m0/s1. The van der Waals surface area contributed by atoms with Crippen molar-refractivity contribution in [1.82, 2.24) is 15.2 Å². The molecule has 39 heavy (non-hydrogen) atoms. The first-order valence-electron chi connectivity index (χ1n) is 12.8. The van der Waals surface area contributed by atoms with Gasteiger partial charge >= 0.3 is 12.7 Å². The molecule has 2 N–H and O–H groups in total. The molecule has 3 heterocycles. The van der Waals surface area contributed by atoms with Crippen molar-refractivity contribution >= 4 is 23.8 Å². The minimum absolute atomic E-state index is 0.00116. The molecule has 0 aliphatic carbocycles. The van der Waals surface area contributed by atoms with Crippen LogP contribution in [0.15, 0.2) is 40.2 Å². The fourth-order valence-electron chi connectivity index (χ4n) is 4.48. The average molecular weight is 566 g/mol. The molecule has 212 valence electrons. The molecule has 1 atom stereocenters. The Kier molecular flexibility index (Phi) is 9.16. The van der Waals surface area contributed by atoms with E-state index in [1.165, 1.54) is 34.7 Å². The van der Waals surface area contributed by atoms with Gasteiger partial charge in [0.25, 0.3) is 11.5 Å². The van der Waals surface area contributed by atoms with Gasteiger partial charge in [-0.1, -0.05) is 12.1 Å². The zero-order chi connectivity index (χ0) is 28.2. The number of nitrogens with zero attached hydrogens (tertiary/aromatic N) is 1. The van der Waals surface area contributed by atoms with Crippen molar-refractivity contribution in [2.75, 3.05) is 25.5 Å². The largest absolute Gasteiger partial charge is 0.444 e. The van der Waals surface area contributed by atoms with E-state index >= 15 is 0 Å². The van der Waals surface area contributed by atoms with Gasteiger partial charge in [-0.25, -0.2) is 4.79 Å². The van der Waals surface area contributed by atoms with Gasteiger partial charge in [0.05, 0.1) is 23.7 Å². The van der Waals surface area contributed by atoms with Crippen LogP contribution in [-0.4, -0.2) is 54.3 Å². The molecule has 4 rings (SSSR count). The van der Waals surface area contributed by atoms with Crippen molar-refractivity contribution in [1.29, 1.82) is 0 Å². The van der Waals surface area contributed by atoms with E-state index in [4.69, 9.17) is 9.47 Å². The summed E-state index contributed by atoms with van der Waals surface area (Å²) in [5, 5.41) is 5.77. The number of carbonyl (C=O) groups is 2. The fourth-order valence-corrected chi connectivity index (χ4v) is 5.75. The third-order valence-corrected chi connectivity index (χ3v) is 7.57. The van der Waals surface area contributed by atoms with Crippen molar-refractivity contribution in [3.8, 4) is 5.75 Å². The van der Waals surface area contributed by atoms with E-state index in [2.05, 4.69) is 15.4 Å². The molecule has 1 saturated heterocycles. The highest BCUT2D eigenvalue weighted by Gasteiger charge is 2.34. The van der Waals surface area contributed by atoms with Crippen molar-refractivity contribution in [2.45, 2.75) is 63.3 Å². The van der Waals surface area contributed by atoms with Gasteiger partial charge in [-0.3, -0.25) is 9.59 Å². The fraction of sp³-hybridized carbons (Fsp3) is 0.519. The lowest BCUT2D eigenvalue weighted by Crippen LogP contribution is -2.38. The Labute approximate surface area is 229 Å². The van der Waals surface area contributed by atoms with Crippen LogP contribution in [0, 0.1) is 5.92 Å². The van der Waals surface area contributed by atoms with Crippen molar-refractivity contribution < 1.29 is 32.6 Å². The molecular weight excluding hydrogens is 532 g/mol. The van der Waals surface area contributed by atoms with Crippen LogP contribution in [-0.2, 0) is 16.0 Å². The van der Waals surface area contributed by atoms with Crippen LogP contribution in [0.3, 0.4) is 0 Å². The molecule has 2 aromatic rings. The smallest absolute Gasteiger partial charge is 0.408 e. The summed E-state index contributed by atoms with van der Waals surface area (Å²) in [6, 6.07) is 5.29. The number of aromatic nitrogens is 1. The van der Waals surface area contributed by atoms with Gasteiger partial charge < -0.3 is 29.4 Å². The van der Waals surface area contributed by atoms with E-state index in [0.717, 1.165) is 12.8 Å². The Hall–Kier alpha value is -3.12. The van der Waals surface area contributed by atoms with Crippen LogP contribution >= 0.6 is 11.8 Å². The van der Waals surface area contributed by atoms with Crippen LogP contribution in [0.5, 0.6) is 5.75 Å². The number of ether oxygens (including phenoxy) is 3. The van der Waals surface area contributed by atoms with Crippen LogP contribution < -0.4 is 20.9 Å². The summed E-state index contributed by atoms with van der Waals surface area (Å²) < 4.78 is 41.6. The number of amides is 2. The minimum atomic E-state index is -2.94. The number of alkyl carbamates (subject to hydrolysis) is 1. The zero-order valence-corrected chi connectivity index (χ0v) is 22.9. The van der Waals surface area contributed by atoms with Crippen LogP contribution in [0.2, 0.25) is 0 Å². The topological polar surface area (TPSA) is 108 Å². The van der Waals surface area contributed by atoms with Crippen molar-refractivity contribution in [3.05, 3.63) is 57.5 Å². The highest BCUT2D eigenvalue weighted by atomic mass is 32.2. The summed E-state index contributed by atoms with van der Waals surface area (Å²) in [5.41, 5.74) is 0.236. The lowest BCUT2D eigenvalue weighted by atomic mass is 10.0. The SMILES string of the molecule is CC(C)(C)OC(=O)N[C@H]1CSc2c(C(=O)NCC3CCOCC3)cn(Cc3ccc(OC(F)F)cc3)c(=O)c21. The Morgan fingerprint density at radius 2 is 1.87 bits per heavy atom. The van der Waals surface area contributed by atoms with Crippen LogP contribution in [0.1, 0.15) is 61.1 Å². The number of rotatable bonds is 8. The average Bonchev–Trinajstić information content (AvgIpc) is 3.28. The highest BCUT2D eigenvalue weighted by molar-refractivity contribution is 7.99. The maximum atomic E-state index is 13.6. The minimum Gasteiger partial charge on any atom is -0.444 e. The van der Waals surface area contributed by atoms with Gasteiger partial charge in [-0.2, -0.15) is 8.78 Å². The second-order valence-electron chi connectivity index (χ2n) is 10.5. The summed E-state index contributed by atoms with van der Waals surface area (Å²) in [4.78, 5) is 40.0. The molecule has 9 nitrogen and oxygen atoms in total. The molecule has 1 fully saturated rings. The molecule has 2 amide bonds. The molecular formula is C27H33F2N3O6S. The summed E-state index contributed by atoms with van der Waals surface area (Å²) in [7, 11) is 0. The summed E-state index contributed by atoms with van der Waals surface area (Å²) in [6.07, 6.45) is 2.59. The lowest BCUT2D eigenvalue weighted by molar-refractivity contribution is -0.0498. The summed E-state index contributed by atoms with van der Waals surface area (Å²) in [5.74, 6) is 0.372. The van der Waals surface area contributed by atoms with Gasteiger partial charge in [0, 0.05) is 36.6 Å². The molecule has 0 saturated carbocycles. The Morgan fingerprint density at radius 1 is 1.18 bits per heavy atom. The number of fused-ring (bicyclic) bond motifs is 1. The molecule has 0 unspecified atom stereocenters. The van der Waals surface area contributed by atoms with E-state index < -0.39 is 24.3 Å². The van der Waals surface area contributed by atoms with E-state index in [1.807, 2.05) is 0 Å². The third-order valence-electron chi connectivity index (χ3n) is 6.34. The molecule has 0 radical (unpaired) electrons. The Morgan fingerprint density at radius 3 is 2.51 bits per heavy atom. The quantitative estimate of drug-likeness (QED) is 0.491. The number of carbonyl (C=O) groups excluding carboxylic acids is 2. The monoisotopic (exact) mass is 565 g/mol. The second-order valence-corrected chi connectivity index (χ2v) is 11.5. The molecule has 2 aliphatic rings. The number of hydrogen-bond acceptors (Lipinski definition) is 7. The molecule has 2 aliphatic heterocycles. The Bertz CT molecular complexity index is 1240. The van der Waals surface area contributed by atoms with E-state index in [0.29, 0.717) is 53.0 Å². The predicted octanol–water partition coefficient (Wildman–Crippen LogP) is 4.33. The van der Waals surface area contributed by atoms with Gasteiger partial charge in [-0.05, 0) is 57.2 Å². The number of hydrogen-bond donors (Lipinski definition) is 2. The first kappa shape index (κ1) is 28.9. The maximum Gasteiger partial charge on any atom is 0.408 e. The van der Waals surface area contributed by atoms with Gasteiger partial charge in [0.1, 0.15) is 11.4 Å². The second kappa shape index (κ2) is 12.4. The third kappa shape index (κ3) is 7.72. The van der Waals surface area contributed by atoms with E-state index in [1.54, 1.807) is 32.9 Å². The van der Waals surface area contributed by atoms with Crippen LogP contribution in [0.4, 0.5) is 13.6 Å². The lowest BCUT2D eigenvalue weighted by Gasteiger charge is -2.23. The number of alkyl halides is 2. The maximum absolute atomic E-state index is 13.6. The number of pyridine rings is 1. The molecule has 0 bridgehead atoms. The number of nitrogens with one attached hydrogen (secondary N) is 2. The zero-order valence-electron chi connectivity index (χ0n) is 22.1. The molecule has 0 spiro atoms. The molecule has 12 heteroatoms. The molecule has 1 aromatic heterocycles. The first-order chi connectivity index (χ1) is 18.5. The van der Waals surface area contributed by atoms with E-state index in [-0.39, 0.29) is 23.8 Å². The number of thioether (sulfide) groups is 1.